The van der Waals surface area contributed by atoms with Crippen LogP contribution in [-0.2, 0) is 0 Å². The largest absolute Gasteiger partial charge is 0.464 e. The predicted molar refractivity (Wildman–Crippen MR) is 89.1 cm³/mol. The smallest absolute Gasteiger partial charge is 0.322 e. The fourth-order valence-electron chi connectivity index (χ4n) is 3.18. The van der Waals surface area contributed by atoms with Crippen LogP contribution < -0.4 is 5.32 Å². The average Bonchev–Trinajstić information content (AvgIpc) is 3.11. The van der Waals surface area contributed by atoms with Crippen LogP contribution in [-0.4, -0.2) is 35.2 Å². The Balaban J connectivity index is 1.80. The zero-order chi connectivity index (χ0) is 17.1. The second-order valence-corrected chi connectivity index (χ2v) is 6.16. The zero-order valence-electron chi connectivity index (χ0n) is 13.5. The molecule has 2 aromatic rings. The van der Waals surface area contributed by atoms with E-state index in [0.29, 0.717) is 17.9 Å². The molecule has 1 aliphatic rings. The molecule has 2 atom stereocenters. The first kappa shape index (κ1) is 16.5. The third-order valence-corrected chi connectivity index (χ3v) is 4.58. The lowest BCUT2D eigenvalue weighted by molar-refractivity contribution is 0.0811. The fourth-order valence-corrected chi connectivity index (χ4v) is 3.18. The average molecular weight is 332 g/mol. The van der Waals surface area contributed by atoms with Crippen molar-refractivity contribution in [1.82, 2.24) is 4.90 Å². The second-order valence-electron chi connectivity index (χ2n) is 6.16. The van der Waals surface area contributed by atoms with Gasteiger partial charge < -0.3 is 19.7 Å². The van der Waals surface area contributed by atoms with E-state index >= 15 is 0 Å². The van der Waals surface area contributed by atoms with Gasteiger partial charge in [-0.25, -0.2) is 9.18 Å². The number of urea groups is 1. The summed E-state index contributed by atoms with van der Waals surface area (Å²) in [4.78, 5) is 14.1. The van der Waals surface area contributed by atoms with E-state index in [2.05, 4.69) is 5.32 Å². The number of likely N-dealkylation sites (tertiary alicyclic amines) is 1. The van der Waals surface area contributed by atoms with Gasteiger partial charge in [-0.3, -0.25) is 0 Å². The fraction of sp³-hybridized carbons (Fsp3) is 0.389. The molecule has 1 aliphatic heterocycles. The van der Waals surface area contributed by atoms with Gasteiger partial charge in [0.25, 0.3) is 0 Å². The molecule has 1 aromatic heterocycles. The second kappa shape index (κ2) is 7.05. The highest BCUT2D eigenvalue weighted by Gasteiger charge is 2.31. The minimum Gasteiger partial charge on any atom is -0.464 e. The first-order valence-electron chi connectivity index (χ1n) is 8.12. The Hall–Kier alpha value is -2.34. The molecule has 128 valence electrons. The summed E-state index contributed by atoms with van der Waals surface area (Å²) in [5.74, 6) is 0.309. The lowest BCUT2D eigenvalue weighted by Crippen LogP contribution is -2.51. The molecule has 5 nitrogen and oxygen atoms in total. The summed E-state index contributed by atoms with van der Waals surface area (Å²) in [5.41, 5.74) is 0.784. The van der Waals surface area contributed by atoms with Crippen molar-refractivity contribution in [2.45, 2.75) is 25.8 Å². The summed E-state index contributed by atoms with van der Waals surface area (Å²) in [7, 11) is 0. The predicted octanol–water partition coefficient (Wildman–Crippen LogP) is 3.71. The lowest BCUT2D eigenvalue weighted by Gasteiger charge is -2.38. The summed E-state index contributed by atoms with van der Waals surface area (Å²) in [6, 6.07) is 7.34. The van der Waals surface area contributed by atoms with Crippen molar-refractivity contribution in [2.24, 2.45) is 5.92 Å². The maximum Gasteiger partial charge on any atom is 0.322 e. The molecule has 1 saturated heterocycles. The monoisotopic (exact) mass is 332 g/mol. The molecule has 2 unspecified atom stereocenters. The van der Waals surface area contributed by atoms with E-state index in [-0.39, 0.29) is 24.3 Å². The summed E-state index contributed by atoms with van der Waals surface area (Å²) < 4.78 is 19.4. The number of furan rings is 1. The first-order chi connectivity index (χ1) is 11.6. The number of rotatable bonds is 3. The minimum absolute atomic E-state index is 0.0937. The third kappa shape index (κ3) is 3.28. The van der Waals surface area contributed by atoms with Crippen molar-refractivity contribution in [3.05, 3.63) is 42.4 Å². The van der Waals surface area contributed by atoms with Crippen molar-refractivity contribution in [3.8, 4) is 11.3 Å². The number of hydrogen-bond acceptors (Lipinski definition) is 3. The molecule has 2 heterocycles. The molecular formula is C18H21FN2O3. The standard InChI is InChI=1S/C18H21FN2O3/c1-12-4-2-8-21(16(12)11-22)18(23)20-15-10-13(6-7-14(15)19)17-5-3-9-24-17/h3,5-7,9-10,12,16,22H,2,4,8,11H2,1H3,(H,20,23). The number of benzene rings is 1. The Bertz CT molecular complexity index is 702. The molecule has 0 bridgehead atoms. The van der Waals surface area contributed by atoms with Crippen molar-refractivity contribution < 1.29 is 18.7 Å². The molecule has 1 fully saturated rings. The molecule has 6 heteroatoms. The normalized spacial score (nSPS) is 20.9. The number of piperidine rings is 1. The van der Waals surface area contributed by atoms with E-state index in [1.807, 2.05) is 6.92 Å². The van der Waals surface area contributed by atoms with Crippen LogP contribution >= 0.6 is 0 Å². The van der Waals surface area contributed by atoms with E-state index in [0.717, 1.165) is 12.8 Å². The SMILES string of the molecule is CC1CCCN(C(=O)Nc2cc(-c3ccco3)ccc2F)C1CO. The number of aliphatic hydroxyl groups is 1. The number of carbonyl (C=O) groups is 1. The molecule has 0 saturated carbocycles. The van der Waals surface area contributed by atoms with Gasteiger partial charge in [0.1, 0.15) is 11.6 Å². The van der Waals surface area contributed by atoms with E-state index in [4.69, 9.17) is 4.42 Å². The van der Waals surface area contributed by atoms with Crippen molar-refractivity contribution >= 4 is 11.7 Å². The topological polar surface area (TPSA) is 65.7 Å². The molecule has 2 N–H and O–H groups in total. The van der Waals surface area contributed by atoms with Crippen LogP contribution in [0.15, 0.2) is 41.0 Å². The maximum absolute atomic E-state index is 14.1. The van der Waals surface area contributed by atoms with Crippen LogP contribution in [0.4, 0.5) is 14.9 Å². The Morgan fingerprint density at radius 2 is 2.29 bits per heavy atom. The summed E-state index contributed by atoms with van der Waals surface area (Å²) in [6.45, 7) is 2.48. The lowest BCUT2D eigenvalue weighted by atomic mass is 9.91. The van der Waals surface area contributed by atoms with Crippen LogP contribution in [0.1, 0.15) is 19.8 Å². The van der Waals surface area contributed by atoms with Crippen molar-refractivity contribution in [2.75, 3.05) is 18.5 Å². The Kier molecular flexibility index (Phi) is 4.85. The van der Waals surface area contributed by atoms with Crippen LogP contribution in [0, 0.1) is 11.7 Å². The number of amides is 2. The van der Waals surface area contributed by atoms with Gasteiger partial charge in [0.2, 0.25) is 0 Å². The molecule has 0 spiro atoms. The number of aliphatic hydroxyl groups excluding tert-OH is 1. The molecular weight excluding hydrogens is 311 g/mol. The number of nitrogens with zero attached hydrogens (tertiary/aromatic N) is 1. The Morgan fingerprint density at radius 1 is 1.46 bits per heavy atom. The Labute approximate surface area is 140 Å². The van der Waals surface area contributed by atoms with Crippen LogP contribution in [0.25, 0.3) is 11.3 Å². The van der Waals surface area contributed by atoms with Gasteiger partial charge in [-0.15, -0.1) is 0 Å². The van der Waals surface area contributed by atoms with Crippen LogP contribution in [0.2, 0.25) is 0 Å². The third-order valence-electron chi connectivity index (χ3n) is 4.58. The number of anilines is 1. The van der Waals surface area contributed by atoms with Crippen molar-refractivity contribution in [3.63, 3.8) is 0 Å². The summed E-state index contributed by atoms with van der Waals surface area (Å²) in [6.07, 6.45) is 3.38. The van der Waals surface area contributed by atoms with E-state index in [9.17, 15) is 14.3 Å². The minimum atomic E-state index is -0.510. The highest BCUT2D eigenvalue weighted by molar-refractivity contribution is 5.90. The highest BCUT2D eigenvalue weighted by Crippen LogP contribution is 2.27. The molecule has 3 rings (SSSR count). The summed E-state index contributed by atoms with van der Waals surface area (Å²) in [5, 5.41) is 12.2. The number of halogens is 1. The number of hydrogen-bond donors (Lipinski definition) is 2. The summed E-state index contributed by atoms with van der Waals surface area (Å²) >= 11 is 0. The quantitative estimate of drug-likeness (QED) is 0.900. The molecule has 0 radical (unpaired) electrons. The van der Waals surface area contributed by atoms with Crippen LogP contribution in [0.3, 0.4) is 0 Å². The van der Waals surface area contributed by atoms with Crippen LogP contribution in [0.5, 0.6) is 0 Å². The molecule has 1 aromatic carbocycles. The number of carbonyl (C=O) groups excluding carboxylic acids is 1. The molecule has 2 amide bonds. The van der Waals surface area contributed by atoms with Gasteiger partial charge >= 0.3 is 6.03 Å². The molecule has 24 heavy (non-hydrogen) atoms. The van der Waals surface area contributed by atoms with E-state index < -0.39 is 11.8 Å². The van der Waals surface area contributed by atoms with Crippen molar-refractivity contribution in [1.29, 1.82) is 0 Å². The first-order valence-corrected chi connectivity index (χ1v) is 8.12. The van der Waals surface area contributed by atoms with E-state index in [1.54, 1.807) is 29.2 Å². The highest BCUT2D eigenvalue weighted by atomic mass is 19.1. The Morgan fingerprint density at radius 3 is 3.00 bits per heavy atom. The van der Waals surface area contributed by atoms with Gasteiger partial charge in [0.15, 0.2) is 0 Å². The van der Waals surface area contributed by atoms with Gasteiger partial charge in [-0.1, -0.05) is 6.92 Å². The maximum atomic E-state index is 14.1. The van der Waals surface area contributed by atoms with Gasteiger partial charge in [-0.2, -0.15) is 0 Å². The van der Waals surface area contributed by atoms with Gasteiger partial charge in [-0.05, 0) is 49.1 Å². The van der Waals surface area contributed by atoms with Gasteiger partial charge in [0, 0.05) is 12.1 Å². The molecule has 0 aliphatic carbocycles. The van der Waals surface area contributed by atoms with Gasteiger partial charge in [0.05, 0.1) is 24.6 Å². The van der Waals surface area contributed by atoms with E-state index in [1.165, 1.54) is 12.3 Å². The number of nitrogens with one attached hydrogen (secondary N) is 1. The zero-order valence-corrected chi connectivity index (χ0v) is 13.5.